The number of pyridine rings is 1. The van der Waals surface area contributed by atoms with Crippen LogP contribution in [0.5, 0.6) is 0 Å². The van der Waals surface area contributed by atoms with Gasteiger partial charge in [-0.05, 0) is 42.9 Å². The van der Waals surface area contributed by atoms with E-state index in [1.807, 2.05) is 26.0 Å². The molecule has 1 aliphatic heterocycles. The summed E-state index contributed by atoms with van der Waals surface area (Å²) in [7, 11) is 0. The van der Waals surface area contributed by atoms with Crippen LogP contribution in [-0.2, 0) is 15.0 Å². The maximum absolute atomic E-state index is 12.8. The Bertz CT molecular complexity index is 768. The lowest BCUT2D eigenvalue weighted by molar-refractivity contribution is -0.125. The second-order valence-electron chi connectivity index (χ2n) is 7.75. The smallest absolute Gasteiger partial charge is 0.271 e. The highest BCUT2D eigenvalue weighted by molar-refractivity contribution is 6.42. The average molecular weight is 369 g/mol. The minimum atomic E-state index is -0.465. The normalized spacial score (nSPS) is 21.2. The third kappa shape index (κ3) is 4.02. The molecule has 7 heteroatoms. The monoisotopic (exact) mass is 369 g/mol. The molecule has 0 bridgehead atoms. The molecule has 0 radical (unpaired) electrons. The van der Waals surface area contributed by atoms with Crippen LogP contribution < -0.4 is 11.1 Å². The molecule has 1 saturated heterocycles. The van der Waals surface area contributed by atoms with Crippen LogP contribution in [0.4, 0.5) is 0 Å². The van der Waals surface area contributed by atoms with E-state index >= 15 is 0 Å². The van der Waals surface area contributed by atoms with E-state index in [1.165, 1.54) is 6.08 Å². The Kier molecular flexibility index (Phi) is 5.30. The van der Waals surface area contributed by atoms with Crippen LogP contribution in [0.25, 0.3) is 0 Å². The summed E-state index contributed by atoms with van der Waals surface area (Å²) in [6.45, 7) is 4.79. The van der Waals surface area contributed by atoms with E-state index in [9.17, 15) is 9.59 Å². The van der Waals surface area contributed by atoms with Crippen molar-refractivity contribution in [3.63, 3.8) is 0 Å². The van der Waals surface area contributed by atoms with Gasteiger partial charge in [0, 0.05) is 37.2 Å². The number of hydrogen-bond acceptors (Lipinski definition) is 5. The number of aromatic nitrogens is 1. The van der Waals surface area contributed by atoms with E-state index in [-0.39, 0.29) is 29.5 Å². The molecule has 0 aromatic carbocycles. The summed E-state index contributed by atoms with van der Waals surface area (Å²) < 4.78 is 0. The molecule has 1 aliphatic carbocycles. The van der Waals surface area contributed by atoms with Gasteiger partial charge in [-0.15, -0.1) is 0 Å². The molecule has 4 N–H and O–H groups in total. The third-order valence-electron chi connectivity index (χ3n) is 5.42. The maximum Gasteiger partial charge on any atom is 0.271 e. The van der Waals surface area contributed by atoms with Gasteiger partial charge >= 0.3 is 0 Å². The van der Waals surface area contributed by atoms with Gasteiger partial charge in [-0.3, -0.25) is 20.0 Å². The fraction of sp³-hybridized carbons (Fsp3) is 0.500. The molecule has 3 rings (SSSR count). The van der Waals surface area contributed by atoms with Crippen molar-refractivity contribution in [2.75, 3.05) is 13.1 Å². The SMILES string of the molecule is CC(C)/C(N)=C/C(=N)C(=O)N1CCC(NC(=O)C2(c3cccnc3)CC2)C1. The van der Waals surface area contributed by atoms with Crippen molar-refractivity contribution >= 4 is 17.5 Å². The Morgan fingerprint density at radius 2 is 2.19 bits per heavy atom. The predicted molar refractivity (Wildman–Crippen MR) is 103 cm³/mol. The highest BCUT2D eigenvalue weighted by atomic mass is 16.2. The van der Waals surface area contributed by atoms with Crippen LogP contribution in [0.1, 0.15) is 38.7 Å². The third-order valence-corrected chi connectivity index (χ3v) is 5.42. The van der Waals surface area contributed by atoms with Gasteiger partial charge < -0.3 is 16.0 Å². The maximum atomic E-state index is 12.8. The molecule has 2 fully saturated rings. The Hall–Kier alpha value is -2.70. The molecule has 1 saturated carbocycles. The molecule has 144 valence electrons. The minimum absolute atomic E-state index is 0.00817. The van der Waals surface area contributed by atoms with Gasteiger partial charge in [-0.25, -0.2) is 0 Å². The van der Waals surface area contributed by atoms with E-state index in [0.717, 1.165) is 18.4 Å². The lowest BCUT2D eigenvalue weighted by Gasteiger charge is -2.20. The average Bonchev–Trinajstić information content (AvgIpc) is 3.35. The molecule has 2 aliphatic rings. The number of carbonyl (C=O) groups is 2. The van der Waals surface area contributed by atoms with Crippen LogP contribution in [-0.4, -0.2) is 46.5 Å². The van der Waals surface area contributed by atoms with E-state index in [1.54, 1.807) is 17.3 Å². The largest absolute Gasteiger partial charge is 0.402 e. The van der Waals surface area contributed by atoms with Gasteiger partial charge in [0.2, 0.25) is 5.91 Å². The first-order valence-corrected chi connectivity index (χ1v) is 9.40. The van der Waals surface area contributed by atoms with E-state index in [4.69, 9.17) is 11.1 Å². The number of nitrogens with two attached hydrogens (primary N) is 1. The zero-order valence-electron chi connectivity index (χ0n) is 15.9. The summed E-state index contributed by atoms with van der Waals surface area (Å²) in [5.41, 5.74) is 6.74. The summed E-state index contributed by atoms with van der Waals surface area (Å²) in [4.78, 5) is 31.0. The molecule has 0 spiro atoms. The fourth-order valence-electron chi connectivity index (χ4n) is 3.37. The van der Waals surface area contributed by atoms with Crippen molar-refractivity contribution in [2.24, 2.45) is 11.7 Å². The van der Waals surface area contributed by atoms with Crippen LogP contribution in [0.3, 0.4) is 0 Å². The number of nitrogens with zero attached hydrogens (tertiary/aromatic N) is 2. The number of amides is 2. The first kappa shape index (κ1) is 19.1. The first-order chi connectivity index (χ1) is 12.8. The number of rotatable bonds is 6. The number of hydrogen-bond donors (Lipinski definition) is 3. The van der Waals surface area contributed by atoms with E-state index < -0.39 is 5.41 Å². The molecule has 27 heavy (non-hydrogen) atoms. The summed E-state index contributed by atoms with van der Waals surface area (Å²) in [6.07, 6.45) is 7.22. The van der Waals surface area contributed by atoms with Crippen LogP contribution >= 0.6 is 0 Å². The van der Waals surface area contributed by atoms with Crippen molar-refractivity contribution < 1.29 is 9.59 Å². The fourth-order valence-corrected chi connectivity index (χ4v) is 3.37. The Labute approximate surface area is 159 Å². The van der Waals surface area contributed by atoms with Crippen molar-refractivity contribution in [1.82, 2.24) is 15.2 Å². The minimum Gasteiger partial charge on any atom is -0.402 e. The van der Waals surface area contributed by atoms with Crippen LogP contribution in [0, 0.1) is 11.3 Å². The molecule has 7 nitrogen and oxygen atoms in total. The topological polar surface area (TPSA) is 112 Å². The van der Waals surface area contributed by atoms with Gasteiger partial charge in [-0.1, -0.05) is 19.9 Å². The van der Waals surface area contributed by atoms with E-state index in [0.29, 0.717) is 25.2 Å². The molecule has 2 amide bonds. The van der Waals surface area contributed by atoms with Crippen molar-refractivity contribution in [2.45, 2.75) is 44.6 Å². The zero-order valence-corrected chi connectivity index (χ0v) is 15.9. The van der Waals surface area contributed by atoms with Crippen LogP contribution in [0.15, 0.2) is 36.3 Å². The number of nitrogens with one attached hydrogen (secondary N) is 2. The molecule has 1 unspecified atom stereocenters. The standard InChI is InChI=1S/C20H27N5O2/c1-13(2)16(21)10-17(22)18(26)25-9-5-15(12-25)24-19(27)20(6-7-20)14-4-3-8-23-11-14/h3-4,8,10-11,13,15,22H,5-7,9,12,21H2,1-2H3,(H,24,27)/b16-10-,22-17?. The van der Waals surface area contributed by atoms with Gasteiger partial charge in [0.15, 0.2) is 0 Å². The van der Waals surface area contributed by atoms with Gasteiger partial charge in [0.05, 0.1) is 5.41 Å². The first-order valence-electron chi connectivity index (χ1n) is 9.40. The second-order valence-corrected chi connectivity index (χ2v) is 7.75. The highest BCUT2D eigenvalue weighted by Gasteiger charge is 2.52. The lowest BCUT2D eigenvalue weighted by Crippen LogP contribution is -2.44. The quantitative estimate of drug-likeness (QED) is 0.657. The van der Waals surface area contributed by atoms with E-state index in [2.05, 4.69) is 10.3 Å². The molecule has 1 aromatic rings. The van der Waals surface area contributed by atoms with Crippen molar-refractivity contribution in [3.8, 4) is 0 Å². The zero-order chi connectivity index (χ0) is 19.6. The van der Waals surface area contributed by atoms with Gasteiger partial charge in [0.25, 0.3) is 5.91 Å². The Morgan fingerprint density at radius 3 is 2.78 bits per heavy atom. The Balaban J connectivity index is 1.57. The molecule has 2 heterocycles. The lowest BCUT2D eigenvalue weighted by atomic mass is 9.96. The summed E-state index contributed by atoms with van der Waals surface area (Å²) >= 11 is 0. The number of carbonyl (C=O) groups excluding carboxylic acids is 2. The number of likely N-dealkylation sites (tertiary alicyclic amines) is 1. The summed E-state index contributed by atoms with van der Waals surface area (Å²) in [5.74, 6) is -0.247. The van der Waals surface area contributed by atoms with Crippen LogP contribution in [0.2, 0.25) is 0 Å². The highest BCUT2D eigenvalue weighted by Crippen LogP contribution is 2.48. The number of allylic oxidation sites excluding steroid dienone is 1. The molecular formula is C20H27N5O2. The predicted octanol–water partition coefficient (Wildman–Crippen LogP) is 1.35. The summed E-state index contributed by atoms with van der Waals surface area (Å²) in [6, 6.07) is 3.70. The van der Waals surface area contributed by atoms with Crippen molar-refractivity contribution in [3.05, 3.63) is 41.9 Å². The molecule has 1 atom stereocenters. The Morgan fingerprint density at radius 1 is 1.44 bits per heavy atom. The summed E-state index contributed by atoms with van der Waals surface area (Å²) in [5, 5.41) is 11.1. The van der Waals surface area contributed by atoms with Gasteiger partial charge in [0.1, 0.15) is 5.71 Å². The van der Waals surface area contributed by atoms with Crippen molar-refractivity contribution in [1.29, 1.82) is 5.41 Å². The second kappa shape index (κ2) is 7.50. The molecule has 1 aromatic heterocycles. The molecular weight excluding hydrogens is 342 g/mol. The van der Waals surface area contributed by atoms with Gasteiger partial charge in [-0.2, -0.15) is 0 Å².